The number of nitrogens with zero attached hydrogens (tertiary/aromatic N) is 2. The molecule has 0 aliphatic heterocycles. The largest absolute Gasteiger partial charge is 0.472 e. The van der Waals surface area contributed by atoms with Crippen LogP contribution < -0.4 is 0 Å². The van der Waals surface area contributed by atoms with Gasteiger partial charge in [0.25, 0.3) is 0 Å². The molecule has 32 heavy (non-hydrogen) atoms. The molecule has 0 N–H and O–H groups in total. The van der Waals surface area contributed by atoms with Crippen LogP contribution in [0, 0.1) is 6.92 Å². The van der Waals surface area contributed by atoms with Gasteiger partial charge in [0.15, 0.2) is 17.5 Å². The van der Waals surface area contributed by atoms with Crippen molar-refractivity contribution in [1.29, 1.82) is 0 Å². The van der Waals surface area contributed by atoms with Crippen LogP contribution in [-0.4, -0.2) is 9.97 Å². The van der Waals surface area contributed by atoms with E-state index in [0.717, 1.165) is 48.8 Å². The molecule has 0 aliphatic carbocycles. The third-order valence-corrected chi connectivity index (χ3v) is 5.39. The van der Waals surface area contributed by atoms with E-state index in [-0.39, 0.29) is 0 Å². The first-order valence-corrected chi connectivity index (χ1v) is 11.5. The molecule has 0 atom stereocenters. The van der Waals surface area contributed by atoms with E-state index in [1.807, 2.05) is 24.3 Å². The predicted molar refractivity (Wildman–Crippen MR) is 129 cm³/mol. The molecule has 1 aromatic carbocycles. The molecule has 0 unspecified atom stereocenters. The van der Waals surface area contributed by atoms with Crippen molar-refractivity contribution in [3.63, 3.8) is 0 Å². The van der Waals surface area contributed by atoms with Crippen LogP contribution >= 0.6 is 0 Å². The van der Waals surface area contributed by atoms with Crippen molar-refractivity contribution in [3.05, 3.63) is 84.9 Å². The third-order valence-electron chi connectivity index (χ3n) is 5.39. The van der Waals surface area contributed by atoms with Crippen LogP contribution in [0.4, 0.5) is 0 Å². The molecule has 4 aromatic rings. The number of rotatable bonds is 7. The SMILES string of the molecule is CCC(CC)c1ncc(-c2ccoc2)o1.CCC(CC)c1ncco1.Cc1ccccc1. The lowest BCUT2D eigenvalue weighted by molar-refractivity contribution is 0.431. The van der Waals surface area contributed by atoms with Gasteiger partial charge in [0.05, 0.1) is 24.2 Å². The summed E-state index contributed by atoms with van der Waals surface area (Å²) in [5.74, 6) is 3.42. The van der Waals surface area contributed by atoms with Gasteiger partial charge in [-0.05, 0) is 38.7 Å². The standard InChI is InChI=1S/C12H15NO2.C8H13NO.C7H8/c1-3-9(4-2)12-13-7-11(15-12)10-5-6-14-8-10;1-3-7(4-2)8-9-5-6-10-8;1-7-5-3-2-4-6-7/h5-9H,3-4H2,1-2H3;5-7H,3-4H2,1-2H3;2-6H,1H3. The van der Waals surface area contributed by atoms with Crippen molar-refractivity contribution < 1.29 is 13.3 Å². The van der Waals surface area contributed by atoms with E-state index in [0.29, 0.717) is 11.8 Å². The molecule has 4 rings (SSSR count). The van der Waals surface area contributed by atoms with Crippen molar-refractivity contribution in [2.24, 2.45) is 0 Å². The minimum atomic E-state index is 0.422. The highest BCUT2D eigenvalue weighted by Crippen LogP contribution is 2.27. The maximum absolute atomic E-state index is 5.70. The van der Waals surface area contributed by atoms with Crippen molar-refractivity contribution in [3.8, 4) is 11.3 Å². The predicted octanol–water partition coefficient (Wildman–Crippen LogP) is 8.41. The lowest BCUT2D eigenvalue weighted by atomic mass is 10.0. The van der Waals surface area contributed by atoms with Gasteiger partial charge in [-0.2, -0.15) is 0 Å². The van der Waals surface area contributed by atoms with Crippen molar-refractivity contribution in [1.82, 2.24) is 9.97 Å². The van der Waals surface area contributed by atoms with Gasteiger partial charge in [0.2, 0.25) is 0 Å². The summed E-state index contributed by atoms with van der Waals surface area (Å²) in [7, 11) is 0. The Balaban J connectivity index is 0.000000184. The van der Waals surface area contributed by atoms with Gasteiger partial charge in [-0.3, -0.25) is 0 Å². The number of benzene rings is 1. The smallest absolute Gasteiger partial charge is 0.197 e. The maximum atomic E-state index is 5.70. The van der Waals surface area contributed by atoms with Gasteiger partial charge in [-0.25, -0.2) is 9.97 Å². The zero-order valence-electron chi connectivity index (χ0n) is 20.0. The Morgan fingerprint density at radius 2 is 1.44 bits per heavy atom. The van der Waals surface area contributed by atoms with E-state index < -0.39 is 0 Å². The Morgan fingerprint density at radius 3 is 1.91 bits per heavy atom. The summed E-state index contributed by atoms with van der Waals surface area (Å²) >= 11 is 0. The monoisotopic (exact) mass is 436 g/mol. The zero-order chi connectivity index (χ0) is 23.2. The average molecular weight is 437 g/mol. The molecule has 3 aromatic heterocycles. The van der Waals surface area contributed by atoms with Crippen molar-refractivity contribution in [2.45, 2.75) is 72.1 Å². The summed E-state index contributed by atoms with van der Waals surface area (Å²) in [5, 5.41) is 0. The first-order chi connectivity index (χ1) is 15.6. The topological polar surface area (TPSA) is 65.2 Å². The summed E-state index contributed by atoms with van der Waals surface area (Å²) in [6, 6.07) is 12.1. The fourth-order valence-corrected chi connectivity index (χ4v) is 3.26. The highest BCUT2D eigenvalue weighted by atomic mass is 16.4. The highest BCUT2D eigenvalue weighted by molar-refractivity contribution is 5.53. The number of oxazole rings is 2. The van der Waals surface area contributed by atoms with E-state index in [1.165, 1.54) is 5.56 Å². The molecular weight excluding hydrogens is 400 g/mol. The average Bonchev–Trinajstić information content (AvgIpc) is 3.60. The summed E-state index contributed by atoms with van der Waals surface area (Å²) in [6.07, 6.45) is 12.7. The number of hydrogen-bond acceptors (Lipinski definition) is 5. The molecule has 0 saturated heterocycles. The van der Waals surface area contributed by atoms with Crippen LogP contribution in [0.3, 0.4) is 0 Å². The molecule has 0 fully saturated rings. The van der Waals surface area contributed by atoms with Crippen LogP contribution in [0.1, 0.15) is 82.6 Å². The Labute approximate surface area is 191 Å². The lowest BCUT2D eigenvalue weighted by Gasteiger charge is -2.05. The minimum Gasteiger partial charge on any atom is -0.472 e. The minimum absolute atomic E-state index is 0.422. The number of furan rings is 1. The molecule has 172 valence electrons. The van der Waals surface area contributed by atoms with Crippen LogP contribution in [0.2, 0.25) is 0 Å². The molecule has 0 saturated carbocycles. The molecule has 0 amide bonds. The maximum Gasteiger partial charge on any atom is 0.197 e. The Kier molecular flexibility index (Phi) is 11.1. The number of hydrogen-bond donors (Lipinski definition) is 0. The molecule has 0 bridgehead atoms. The highest BCUT2D eigenvalue weighted by Gasteiger charge is 2.14. The van der Waals surface area contributed by atoms with E-state index in [9.17, 15) is 0 Å². The number of aromatic nitrogens is 2. The van der Waals surface area contributed by atoms with E-state index >= 15 is 0 Å². The van der Waals surface area contributed by atoms with Crippen molar-refractivity contribution >= 4 is 0 Å². The second-order valence-electron chi connectivity index (χ2n) is 7.63. The molecular formula is C27H36N2O3. The quantitative estimate of drug-likeness (QED) is 0.291. The number of aryl methyl sites for hydroxylation is 1. The fourth-order valence-electron chi connectivity index (χ4n) is 3.26. The van der Waals surface area contributed by atoms with Gasteiger partial charge < -0.3 is 13.3 Å². The molecule has 0 spiro atoms. The lowest BCUT2D eigenvalue weighted by Crippen LogP contribution is -1.94. The van der Waals surface area contributed by atoms with E-state index in [2.05, 4.69) is 56.7 Å². The summed E-state index contributed by atoms with van der Waals surface area (Å²) in [4.78, 5) is 8.40. The molecule has 5 heteroatoms. The van der Waals surface area contributed by atoms with Gasteiger partial charge in [-0.15, -0.1) is 0 Å². The van der Waals surface area contributed by atoms with Crippen LogP contribution in [0.25, 0.3) is 11.3 Å². The Hall–Kier alpha value is -3.08. The summed E-state index contributed by atoms with van der Waals surface area (Å²) in [6.45, 7) is 10.7. The normalized spacial score (nSPS) is 10.5. The second-order valence-corrected chi connectivity index (χ2v) is 7.63. The Morgan fingerprint density at radius 1 is 0.781 bits per heavy atom. The van der Waals surface area contributed by atoms with Crippen LogP contribution in [0.5, 0.6) is 0 Å². The molecule has 5 nitrogen and oxygen atoms in total. The first kappa shape index (κ1) is 25.2. The molecule has 0 aliphatic rings. The van der Waals surface area contributed by atoms with Gasteiger partial charge >= 0.3 is 0 Å². The second kappa shape index (κ2) is 14.1. The molecule has 0 radical (unpaired) electrons. The summed E-state index contributed by atoms with van der Waals surface area (Å²) in [5.41, 5.74) is 2.27. The van der Waals surface area contributed by atoms with Gasteiger partial charge in [0.1, 0.15) is 12.5 Å². The first-order valence-electron chi connectivity index (χ1n) is 11.5. The van der Waals surface area contributed by atoms with Crippen LogP contribution in [-0.2, 0) is 0 Å². The zero-order valence-corrected chi connectivity index (χ0v) is 20.0. The van der Waals surface area contributed by atoms with Gasteiger partial charge in [-0.1, -0.05) is 63.6 Å². The Bertz CT molecular complexity index is 936. The summed E-state index contributed by atoms with van der Waals surface area (Å²) < 4.78 is 15.9. The molecule has 3 heterocycles. The fraction of sp³-hybridized carbons (Fsp3) is 0.407. The van der Waals surface area contributed by atoms with E-state index in [4.69, 9.17) is 13.3 Å². The van der Waals surface area contributed by atoms with Gasteiger partial charge in [0, 0.05) is 11.8 Å². The van der Waals surface area contributed by atoms with E-state index in [1.54, 1.807) is 31.2 Å². The third kappa shape index (κ3) is 7.88. The van der Waals surface area contributed by atoms with Crippen molar-refractivity contribution in [2.75, 3.05) is 0 Å². The van der Waals surface area contributed by atoms with Crippen LogP contribution in [0.15, 0.2) is 80.8 Å².